The van der Waals surface area contributed by atoms with Gasteiger partial charge in [-0.05, 0) is 61.4 Å². The van der Waals surface area contributed by atoms with E-state index in [0.717, 1.165) is 31.4 Å². The predicted molar refractivity (Wildman–Crippen MR) is 212 cm³/mol. The van der Waals surface area contributed by atoms with Crippen molar-refractivity contribution in [2.24, 2.45) is 5.92 Å². The zero-order valence-electron chi connectivity index (χ0n) is 31.4. The molecule has 0 saturated heterocycles. The number of unbranched alkanes of at least 4 members (excludes halogenated alkanes) is 2. The molecule has 12 nitrogen and oxygen atoms in total. The zero-order valence-corrected chi connectivity index (χ0v) is 33.0. The Bertz CT molecular complexity index is 1880. The lowest BCUT2D eigenvalue weighted by molar-refractivity contribution is -0.141. The lowest BCUT2D eigenvalue weighted by Gasteiger charge is -2.37. The van der Waals surface area contributed by atoms with Crippen LogP contribution in [-0.2, 0) is 24.4 Å². The summed E-state index contributed by atoms with van der Waals surface area (Å²) in [6.07, 6.45) is 7.17. The third-order valence-corrected chi connectivity index (χ3v) is 12.0. The maximum atomic E-state index is 14.3. The Hall–Kier alpha value is -4.40. The Labute approximate surface area is 322 Å². The molecule has 5 N–H and O–H groups in total. The van der Waals surface area contributed by atoms with Crippen molar-refractivity contribution in [3.05, 3.63) is 72.3 Å². The summed E-state index contributed by atoms with van der Waals surface area (Å²) in [6, 6.07) is 17.1. The number of sulfonamides is 1. The number of Topliss-reactive ketones (excluding diaryl/α,β-unsaturated/α-hetero) is 1. The molecule has 1 aliphatic rings. The minimum Gasteiger partial charge on any atom is -0.508 e. The van der Waals surface area contributed by atoms with Gasteiger partial charge >= 0.3 is 5.97 Å². The first kappa shape index (κ1) is 42.3. The third kappa shape index (κ3) is 10.6. The number of ketones is 1. The average Bonchev–Trinajstić information content (AvgIpc) is 3.25. The fourth-order valence-electron chi connectivity index (χ4n) is 6.74. The van der Waals surface area contributed by atoms with Crippen LogP contribution in [-0.4, -0.2) is 66.9 Å². The molecule has 292 valence electrons. The Morgan fingerprint density at radius 1 is 1.00 bits per heavy atom. The first-order valence-corrected chi connectivity index (χ1v) is 21.1. The summed E-state index contributed by atoms with van der Waals surface area (Å²) >= 11 is 1.33. The maximum Gasteiger partial charge on any atom is 0.306 e. The van der Waals surface area contributed by atoms with Gasteiger partial charge in [0.2, 0.25) is 15.8 Å². The number of amides is 1. The molecule has 14 heteroatoms. The lowest BCUT2D eigenvalue weighted by atomic mass is 9.87. The molecule has 3 aromatic carbocycles. The molecule has 0 aliphatic carbocycles. The summed E-state index contributed by atoms with van der Waals surface area (Å²) in [5.41, 5.74) is 0.421. The molecule has 1 unspecified atom stereocenters. The van der Waals surface area contributed by atoms with E-state index >= 15 is 0 Å². The Balaban J connectivity index is 1.67. The van der Waals surface area contributed by atoms with Crippen LogP contribution in [0, 0.1) is 11.3 Å². The van der Waals surface area contributed by atoms with Crippen LogP contribution in [0.2, 0.25) is 0 Å². The highest BCUT2D eigenvalue weighted by Crippen LogP contribution is 2.44. The highest BCUT2D eigenvalue weighted by molar-refractivity contribution is 7.98. The molecule has 0 saturated carbocycles. The number of anilines is 2. The number of ether oxygens (including phenoxy) is 1. The number of aliphatic carboxylic acids is 1. The largest absolute Gasteiger partial charge is 0.508 e. The van der Waals surface area contributed by atoms with E-state index in [1.54, 1.807) is 6.07 Å². The molecule has 0 spiro atoms. The molecule has 3 aromatic rings. The van der Waals surface area contributed by atoms with Gasteiger partial charge < -0.3 is 30.6 Å². The molecule has 1 aliphatic heterocycles. The fraction of sp³-hybridized carbons (Fsp3) is 0.450. The number of aromatic hydroxyl groups is 1. The number of rotatable bonds is 20. The number of hydrogen-bond acceptors (Lipinski definition) is 10. The van der Waals surface area contributed by atoms with Gasteiger partial charge in [0.05, 0.1) is 27.8 Å². The molecule has 0 bridgehead atoms. The highest BCUT2D eigenvalue weighted by Gasteiger charge is 2.42. The molecule has 0 fully saturated rings. The highest BCUT2D eigenvalue weighted by atomic mass is 32.2. The number of carbonyl (C=O) groups excluding carboxylic acids is 2. The molecular formula is C40H52N4O8S2. The lowest BCUT2D eigenvalue weighted by Crippen LogP contribution is -2.53. The maximum absolute atomic E-state index is 14.3. The predicted octanol–water partition coefficient (Wildman–Crippen LogP) is 7.38. The monoisotopic (exact) mass is 780 g/mol. The van der Waals surface area contributed by atoms with E-state index in [-0.39, 0.29) is 34.8 Å². The van der Waals surface area contributed by atoms with Crippen LogP contribution < -0.4 is 19.7 Å². The number of nitrogens with one attached hydrogen (secondary N) is 3. The van der Waals surface area contributed by atoms with Gasteiger partial charge in [0.25, 0.3) is 5.91 Å². The van der Waals surface area contributed by atoms with E-state index in [4.69, 9.17) is 10.1 Å². The van der Waals surface area contributed by atoms with Gasteiger partial charge in [-0.15, -0.1) is 11.8 Å². The standard InChI is InChI=1S/C40H52N4O8S2/c1-5-8-20-40(21-9-6-2)26-44(29-14-11-10-12-15-29)32-23-34(53-4)33(24-35(32)54(50,51)43-40)52-25-36(46)42-37(27-16-18-30(45)19-17-27)38(47)31(41)22-28(13-7-3)39(48)49/h10-12,14-19,23-24,28,37,41,43,45H,5-9,13,20-22,25-26H2,1-4H3,(H,42,46)(H,48,49)/t28-,37?/m1/s1. The van der Waals surface area contributed by atoms with Crippen LogP contribution in [0.5, 0.6) is 11.5 Å². The van der Waals surface area contributed by atoms with Crippen LogP contribution in [0.1, 0.15) is 90.2 Å². The number of carboxylic acid groups (broad SMARTS) is 1. The van der Waals surface area contributed by atoms with Crippen LogP contribution in [0.3, 0.4) is 0 Å². The van der Waals surface area contributed by atoms with Gasteiger partial charge in [-0.3, -0.25) is 14.4 Å². The molecule has 0 radical (unpaired) electrons. The number of nitrogens with zero attached hydrogens (tertiary/aromatic N) is 1. The molecule has 4 rings (SSSR count). The van der Waals surface area contributed by atoms with Crippen LogP contribution in [0.4, 0.5) is 11.4 Å². The summed E-state index contributed by atoms with van der Waals surface area (Å²) in [4.78, 5) is 41.5. The van der Waals surface area contributed by atoms with Crippen molar-refractivity contribution < 1.29 is 37.8 Å². The number of carboxylic acids is 1. The van der Waals surface area contributed by atoms with Crippen molar-refractivity contribution in [2.45, 2.75) is 99.9 Å². The Morgan fingerprint density at radius 2 is 1.65 bits per heavy atom. The molecule has 2 atom stereocenters. The summed E-state index contributed by atoms with van der Waals surface area (Å²) in [5.74, 6) is -3.48. The topological polar surface area (TPSA) is 186 Å². The van der Waals surface area contributed by atoms with E-state index < -0.39 is 57.5 Å². The van der Waals surface area contributed by atoms with Crippen molar-refractivity contribution in [2.75, 3.05) is 24.3 Å². The number of hydrogen-bond donors (Lipinski definition) is 5. The number of thioether (sulfide) groups is 1. The first-order valence-electron chi connectivity index (χ1n) is 18.4. The molecular weight excluding hydrogens is 729 g/mol. The summed E-state index contributed by atoms with van der Waals surface area (Å²) in [7, 11) is -4.09. The summed E-state index contributed by atoms with van der Waals surface area (Å²) in [6.45, 7) is 5.81. The molecule has 1 heterocycles. The number of fused-ring (bicyclic) bond motifs is 1. The van der Waals surface area contributed by atoms with Gasteiger partial charge in [0.1, 0.15) is 22.4 Å². The zero-order chi connectivity index (χ0) is 39.5. The number of carbonyl (C=O) groups is 3. The van der Waals surface area contributed by atoms with Gasteiger partial charge in [-0.1, -0.05) is 83.2 Å². The number of phenols is 1. The van der Waals surface area contributed by atoms with Crippen molar-refractivity contribution in [1.82, 2.24) is 10.0 Å². The van der Waals surface area contributed by atoms with Crippen molar-refractivity contribution in [3.8, 4) is 11.5 Å². The minimum atomic E-state index is -4.09. The van der Waals surface area contributed by atoms with Crippen LogP contribution >= 0.6 is 11.8 Å². The van der Waals surface area contributed by atoms with Gasteiger partial charge in [-0.2, -0.15) is 0 Å². The number of phenolic OH excluding ortho intramolecular Hbond substituents is 1. The van der Waals surface area contributed by atoms with Gasteiger partial charge in [0.15, 0.2) is 6.61 Å². The van der Waals surface area contributed by atoms with E-state index in [1.807, 2.05) is 48.4 Å². The van der Waals surface area contributed by atoms with E-state index in [2.05, 4.69) is 23.9 Å². The molecule has 54 heavy (non-hydrogen) atoms. The van der Waals surface area contributed by atoms with Gasteiger partial charge in [0, 0.05) is 24.7 Å². The quantitative estimate of drug-likeness (QED) is 0.0572. The van der Waals surface area contributed by atoms with Gasteiger partial charge in [-0.25, -0.2) is 13.1 Å². The third-order valence-electron chi connectivity index (χ3n) is 9.61. The average molecular weight is 781 g/mol. The van der Waals surface area contributed by atoms with Crippen molar-refractivity contribution >= 4 is 56.5 Å². The summed E-state index contributed by atoms with van der Waals surface area (Å²) in [5, 5.41) is 30.5. The fourth-order valence-corrected chi connectivity index (χ4v) is 8.94. The minimum absolute atomic E-state index is 0.0140. The SMILES string of the molecule is CCCCC1(CCCC)CN(c2ccccc2)c2cc(SC)c(OCC(=O)NC(C(=O)C(=N)C[C@@H](CCC)C(=O)O)c3ccc(O)cc3)cc2S(=O)(=O)N1. The number of benzene rings is 3. The van der Waals surface area contributed by atoms with E-state index in [0.29, 0.717) is 36.4 Å². The second-order valence-corrected chi connectivity index (χ2v) is 16.2. The molecule has 0 aromatic heterocycles. The van der Waals surface area contributed by atoms with Crippen LogP contribution in [0.15, 0.2) is 76.5 Å². The van der Waals surface area contributed by atoms with Crippen molar-refractivity contribution in [3.63, 3.8) is 0 Å². The number of para-hydroxylation sites is 1. The second kappa shape index (κ2) is 19.3. The van der Waals surface area contributed by atoms with Crippen molar-refractivity contribution in [1.29, 1.82) is 5.41 Å². The normalized spacial score (nSPS) is 15.7. The first-order chi connectivity index (χ1) is 25.8. The molecule has 1 amide bonds. The Kier molecular flexibility index (Phi) is 15.1. The van der Waals surface area contributed by atoms with E-state index in [9.17, 15) is 33.0 Å². The van der Waals surface area contributed by atoms with E-state index in [1.165, 1.54) is 42.1 Å². The second-order valence-electron chi connectivity index (χ2n) is 13.7. The smallest absolute Gasteiger partial charge is 0.306 e. The van der Waals surface area contributed by atoms with Crippen LogP contribution in [0.25, 0.3) is 0 Å². The summed E-state index contributed by atoms with van der Waals surface area (Å²) < 4.78 is 37.8. The Morgan fingerprint density at radius 3 is 2.22 bits per heavy atom.